The van der Waals surface area contributed by atoms with Crippen LogP contribution in [-0.4, -0.2) is 56.3 Å². The lowest BCUT2D eigenvalue weighted by atomic mass is 9.99. The van der Waals surface area contributed by atoms with Gasteiger partial charge in [0, 0.05) is 54.6 Å². The van der Waals surface area contributed by atoms with Crippen molar-refractivity contribution in [2.24, 2.45) is 0 Å². The van der Waals surface area contributed by atoms with Gasteiger partial charge in [-0.05, 0) is 54.8 Å². The number of rotatable bonds is 10. The van der Waals surface area contributed by atoms with Crippen LogP contribution in [-0.2, 0) is 16.1 Å². The van der Waals surface area contributed by atoms with Gasteiger partial charge in [-0.25, -0.2) is 4.39 Å². The van der Waals surface area contributed by atoms with Crippen molar-refractivity contribution in [3.05, 3.63) is 84.5 Å². The molecule has 5 aromatic rings. The summed E-state index contributed by atoms with van der Waals surface area (Å²) in [7, 11) is 0. The molecule has 6 rings (SSSR count). The maximum Gasteiger partial charge on any atom is 0.283 e. The maximum atomic E-state index is 13.3. The van der Waals surface area contributed by atoms with Crippen molar-refractivity contribution >= 4 is 39.9 Å². The van der Waals surface area contributed by atoms with Crippen molar-refractivity contribution in [1.29, 1.82) is 0 Å². The second-order valence-electron chi connectivity index (χ2n) is 11.4. The number of nitrogens with one attached hydrogen (secondary N) is 2. The normalized spacial score (nSPS) is 13.9. The quantitative estimate of drug-likeness (QED) is 0.173. The van der Waals surface area contributed by atoms with Crippen molar-refractivity contribution in [1.82, 2.24) is 24.6 Å². The summed E-state index contributed by atoms with van der Waals surface area (Å²) in [6.07, 6.45) is 5.75. The molecule has 1 fully saturated rings. The van der Waals surface area contributed by atoms with Gasteiger partial charge in [-0.1, -0.05) is 50.8 Å². The number of carbonyl (C=O) groups excluding carboxylic acids is 1. The van der Waals surface area contributed by atoms with Crippen LogP contribution in [0.3, 0.4) is 0 Å². The van der Waals surface area contributed by atoms with Gasteiger partial charge in [0.05, 0.1) is 18.0 Å². The minimum absolute atomic E-state index is 0.254. The Morgan fingerprint density at radius 1 is 1.13 bits per heavy atom. The predicted molar refractivity (Wildman–Crippen MR) is 175 cm³/mol. The molecular formula is C34H37FN8O2. The average Bonchev–Trinajstić information content (AvgIpc) is 3.49. The van der Waals surface area contributed by atoms with E-state index in [0.29, 0.717) is 24.1 Å². The Labute approximate surface area is 261 Å². The SMILES string of the molecule is C=C(F)C(=O)Nc1ccc2c(-c3ccccc3CNc3nc(N4CCC(OCC)CC4)nc4c(C(C)C)cnn34)nccc2c1. The molecule has 4 heterocycles. The number of amides is 1. The molecule has 0 saturated carbocycles. The van der Waals surface area contributed by atoms with Gasteiger partial charge in [0.15, 0.2) is 11.5 Å². The van der Waals surface area contributed by atoms with Crippen LogP contribution in [0.4, 0.5) is 22.0 Å². The second-order valence-corrected chi connectivity index (χ2v) is 11.4. The van der Waals surface area contributed by atoms with Gasteiger partial charge in [-0.2, -0.15) is 19.6 Å². The van der Waals surface area contributed by atoms with Gasteiger partial charge < -0.3 is 20.3 Å². The lowest BCUT2D eigenvalue weighted by Gasteiger charge is -2.32. The van der Waals surface area contributed by atoms with Crippen LogP contribution in [0.1, 0.15) is 50.7 Å². The van der Waals surface area contributed by atoms with Crippen molar-refractivity contribution in [2.45, 2.75) is 52.2 Å². The molecule has 1 amide bonds. The summed E-state index contributed by atoms with van der Waals surface area (Å²) in [5.41, 5.74) is 5.11. The molecule has 0 atom stereocenters. The predicted octanol–water partition coefficient (Wildman–Crippen LogP) is 6.50. The van der Waals surface area contributed by atoms with Crippen LogP contribution < -0.4 is 15.5 Å². The summed E-state index contributed by atoms with van der Waals surface area (Å²) >= 11 is 0. The summed E-state index contributed by atoms with van der Waals surface area (Å²) in [5, 5.41) is 12.5. The highest BCUT2D eigenvalue weighted by atomic mass is 19.1. The van der Waals surface area contributed by atoms with E-state index in [4.69, 9.17) is 19.7 Å². The van der Waals surface area contributed by atoms with E-state index in [1.54, 1.807) is 22.8 Å². The van der Waals surface area contributed by atoms with E-state index >= 15 is 0 Å². The third kappa shape index (κ3) is 6.34. The Bertz CT molecular complexity index is 1860. The highest BCUT2D eigenvalue weighted by Gasteiger charge is 2.24. The summed E-state index contributed by atoms with van der Waals surface area (Å²) in [6.45, 7) is 12.2. The summed E-state index contributed by atoms with van der Waals surface area (Å²) < 4.78 is 20.9. The van der Waals surface area contributed by atoms with Gasteiger partial charge in [-0.15, -0.1) is 0 Å². The Morgan fingerprint density at radius 2 is 1.93 bits per heavy atom. The number of pyridine rings is 1. The van der Waals surface area contributed by atoms with Crippen molar-refractivity contribution in [3.8, 4) is 11.3 Å². The van der Waals surface area contributed by atoms with E-state index in [0.717, 1.165) is 71.3 Å². The number of fused-ring (bicyclic) bond motifs is 2. The van der Waals surface area contributed by atoms with Gasteiger partial charge in [-0.3, -0.25) is 9.78 Å². The van der Waals surface area contributed by atoms with Crippen LogP contribution in [0.5, 0.6) is 0 Å². The number of hydrogen-bond acceptors (Lipinski definition) is 8. The molecule has 1 saturated heterocycles. The van der Waals surface area contributed by atoms with Crippen LogP contribution in [0.15, 0.2) is 73.3 Å². The number of hydrogen-bond donors (Lipinski definition) is 2. The summed E-state index contributed by atoms with van der Waals surface area (Å²) in [4.78, 5) is 28.7. The van der Waals surface area contributed by atoms with Crippen LogP contribution in [0.25, 0.3) is 27.7 Å². The topological polar surface area (TPSA) is 110 Å². The first-order valence-electron chi connectivity index (χ1n) is 15.3. The molecule has 2 aromatic carbocycles. The lowest BCUT2D eigenvalue weighted by Crippen LogP contribution is -2.38. The Hall–Kier alpha value is -4.90. The molecule has 1 aliphatic rings. The molecule has 0 unspecified atom stereocenters. The van der Waals surface area contributed by atoms with Crippen molar-refractivity contribution < 1.29 is 13.9 Å². The van der Waals surface area contributed by atoms with Crippen LogP contribution in [0, 0.1) is 0 Å². The highest BCUT2D eigenvalue weighted by molar-refractivity contribution is 6.04. The van der Waals surface area contributed by atoms with E-state index in [2.05, 4.69) is 47.1 Å². The molecule has 3 aromatic heterocycles. The average molecular weight is 609 g/mol. The van der Waals surface area contributed by atoms with Crippen molar-refractivity contribution in [3.63, 3.8) is 0 Å². The van der Waals surface area contributed by atoms with Gasteiger partial charge in [0.25, 0.3) is 5.91 Å². The zero-order valence-corrected chi connectivity index (χ0v) is 25.8. The minimum Gasteiger partial charge on any atom is -0.378 e. The van der Waals surface area contributed by atoms with Gasteiger partial charge in [0.2, 0.25) is 11.9 Å². The summed E-state index contributed by atoms with van der Waals surface area (Å²) in [6, 6.07) is 15.3. The minimum atomic E-state index is -1.04. The fraction of sp³-hybridized carbons (Fsp3) is 0.324. The Balaban J connectivity index is 1.31. The van der Waals surface area contributed by atoms with E-state index < -0.39 is 11.7 Å². The molecule has 232 valence electrons. The molecule has 45 heavy (non-hydrogen) atoms. The largest absolute Gasteiger partial charge is 0.378 e. The third-order valence-electron chi connectivity index (χ3n) is 8.11. The zero-order valence-electron chi connectivity index (χ0n) is 25.8. The van der Waals surface area contributed by atoms with Gasteiger partial charge >= 0.3 is 0 Å². The standard InChI is InChI=1S/C34H37FN8O2/c1-5-45-26-13-16-42(17-14-26)34-40-31-29(21(2)3)20-38-43(31)33(41-34)37-19-24-8-6-7-9-27(24)30-28-11-10-25(39-32(44)22(4)35)18-23(28)12-15-36-30/h6-12,15,18,20-21,26H,4-5,13-14,16-17,19H2,1-3H3,(H,39,44)(H,37,40,41). The van der Waals surface area contributed by atoms with E-state index in [9.17, 15) is 9.18 Å². The number of carbonyl (C=O) groups is 1. The molecule has 1 aliphatic heterocycles. The first-order valence-corrected chi connectivity index (χ1v) is 15.3. The van der Waals surface area contributed by atoms with Gasteiger partial charge in [0.1, 0.15) is 0 Å². The van der Waals surface area contributed by atoms with E-state index in [1.807, 2.05) is 43.5 Å². The van der Waals surface area contributed by atoms with Crippen molar-refractivity contribution in [2.75, 3.05) is 35.2 Å². The molecule has 10 nitrogen and oxygen atoms in total. The fourth-order valence-electron chi connectivity index (χ4n) is 5.75. The highest BCUT2D eigenvalue weighted by Crippen LogP contribution is 2.32. The molecule has 2 N–H and O–H groups in total. The number of anilines is 3. The number of halogens is 1. The smallest absolute Gasteiger partial charge is 0.283 e. The van der Waals surface area contributed by atoms with E-state index in [1.165, 1.54) is 0 Å². The molecular weight excluding hydrogens is 571 g/mol. The Kier molecular flexibility index (Phi) is 8.70. The molecule has 0 bridgehead atoms. The first kappa shape index (κ1) is 30.1. The lowest BCUT2D eigenvalue weighted by molar-refractivity contribution is -0.114. The fourth-order valence-corrected chi connectivity index (χ4v) is 5.75. The monoisotopic (exact) mass is 608 g/mol. The number of aromatic nitrogens is 5. The first-order chi connectivity index (χ1) is 21.8. The number of ether oxygens (including phenoxy) is 1. The zero-order chi connectivity index (χ0) is 31.5. The van der Waals surface area contributed by atoms with Crippen LogP contribution in [0.2, 0.25) is 0 Å². The number of benzene rings is 2. The third-order valence-corrected chi connectivity index (χ3v) is 8.11. The molecule has 0 radical (unpaired) electrons. The number of piperidine rings is 1. The second kappa shape index (κ2) is 13.0. The number of nitrogens with zero attached hydrogens (tertiary/aromatic N) is 6. The van der Waals surface area contributed by atoms with Crippen LogP contribution >= 0.6 is 0 Å². The maximum absolute atomic E-state index is 13.3. The molecule has 0 spiro atoms. The Morgan fingerprint density at radius 3 is 2.69 bits per heavy atom. The van der Waals surface area contributed by atoms with E-state index in [-0.39, 0.29) is 12.0 Å². The summed E-state index contributed by atoms with van der Waals surface area (Å²) in [5.74, 6) is -0.351. The molecule has 0 aliphatic carbocycles. The molecule has 11 heteroatoms.